The van der Waals surface area contributed by atoms with Crippen LogP contribution in [0.5, 0.6) is 0 Å². The highest BCUT2D eigenvalue weighted by molar-refractivity contribution is 5.86. The second kappa shape index (κ2) is 8.41. The van der Waals surface area contributed by atoms with Crippen LogP contribution in [-0.4, -0.2) is 53.9 Å². The zero-order valence-electron chi connectivity index (χ0n) is 16.3. The zero-order chi connectivity index (χ0) is 19.4. The molecule has 0 bridgehead atoms. The summed E-state index contributed by atoms with van der Waals surface area (Å²) in [4.78, 5) is 33.1. The van der Waals surface area contributed by atoms with Gasteiger partial charge in [-0.3, -0.25) is 9.59 Å². The van der Waals surface area contributed by atoms with Gasteiger partial charge in [0.1, 0.15) is 5.52 Å². The van der Waals surface area contributed by atoms with E-state index in [9.17, 15) is 9.59 Å². The molecule has 0 radical (unpaired) electrons. The maximum absolute atomic E-state index is 12.8. The first-order valence-electron chi connectivity index (χ1n) is 9.66. The van der Waals surface area contributed by atoms with Crippen molar-refractivity contribution in [2.75, 3.05) is 31.1 Å². The minimum atomic E-state index is -0.107. The largest absolute Gasteiger partial charge is 0.423 e. The molecule has 2 amide bonds. The van der Waals surface area contributed by atoms with E-state index in [0.717, 1.165) is 37.0 Å². The van der Waals surface area contributed by atoms with Gasteiger partial charge in [0.2, 0.25) is 11.8 Å². The van der Waals surface area contributed by atoms with Crippen LogP contribution in [0.15, 0.2) is 28.7 Å². The molecule has 1 aliphatic rings. The molecule has 1 aromatic carbocycles. The Hall–Kier alpha value is -2.57. The standard InChI is InChI=1S/C20H28N4O3/c1-4-23(13-18(25)21-14(2)3)19(26)15-9-11-24(12-10-15)20-22-16-7-5-6-8-17(16)27-20/h5-8,14-15H,4,9-13H2,1-3H3,(H,21,25). The molecular formula is C20H28N4O3. The van der Waals surface area contributed by atoms with Gasteiger partial charge in [0.15, 0.2) is 5.58 Å². The molecule has 146 valence electrons. The maximum atomic E-state index is 12.8. The fourth-order valence-corrected chi connectivity index (χ4v) is 3.46. The first-order valence-corrected chi connectivity index (χ1v) is 9.66. The number of carbonyl (C=O) groups is 2. The lowest BCUT2D eigenvalue weighted by molar-refractivity contribution is -0.139. The summed E-state index contributed by atoms with van der Waals surface area (Å²) < 4.78 is 5.83. The second-order valence-electron chi connectivity index (χ2n) is 7.30. The third kappa shape index (κ3) is 4.59. The molecule has 0 spiro atoms. The normalized spacial score (nSPS) is 15.3. The lowest BCUT2D eigenvalue weighted by Crippen LogP contribution is -2.47. The van der Waals surface area contributed by atoms with Crippen molar-refractivity contribution in [3.63, 3.8) is 0 Å². The van der Waals surface area contributed by atoms with Crippen LogP contribution < -0.4 is 10.2 Å². The Kier molecular flexibility index (Phi) is 5.98. The van der Waals surface area contributed by atoms with Crippen molar-refractivity contribution in [2.45, 2.75) is 39.7 Å². The van der Waals surface area contributed by atoms with Crippen LogP contribution in [0.3, 0.4) is 0 Å². The van der Waals surface area contributed by atoms with Crippen LogP contribution in [0.25, 0.3) is 11.1 Å². The summed E-state index contributed by atoms with van der Waals surface area (Å²) in [6.07, 6.45) is 1.47. The van der Waals surface area contributed by atoms with Crippen molar-refractivity contribution >= 4 is 28.9 Å². The van der Waals surface area contributed by atoms with Crippen LogP contribution >= 0.6 is 0 Å². The van der Waals surface area contributed by atoms with Crippen molar-refractivity contribution in [2.24, 2.45) is 5.92 Å². The number of hydrogen-bond donors (Lipinski definition) is 1. The van der Waals surface area contributed by atoms with Gasteiger partial charge in [-0.25, -0.2) is 0 Å². The van der Waals surface area contributed by atoms with E-state index in [1.807, 2.05) is 45.0 Å². The smallest absolute Gasteiger partial charge is 0.298 e. The van der Waals surface area contributed by atoms with Crippen LogP contribution in [0.4, 0.5) is 6.01 Å². The number of aromatic nitrogens is 1. The van der Waals surface area contributed by atoms with Crippen molar-refractivity contribution in [1.29, 1.82) is 0 Å². The monoisotopic (exact) mass is 372 g/mol. The number of hydrogen-bond acceptors (Lipinski definition) is 5. The van der Waals surface area contributed by atoms with Crippen molar-refractivity contribution in [3.05, 3.63) is 24.3 Å². The lowest BCUT2D eigenvalue weighted by atomic mass is 9.95. The van der Waals surface area contributed by atoms with Crippen molar-refractivity contribution < 1.29 is 14.0 Å². The van der Waals surface area contributed by atoms with Crippen molar-refractivity contribution in [1.82, 2.24) is 15.2 Å². The van der Waals surface area contributed by atoms with Crippen LogP contribution in [-0.2, 0) is 9.59 Å². The first kappa shape index (κ1) is 19.2. The Bertz CT molecular complexity index is 760. The Balaban J connectivity index is 1.57. The highest BCUT2D eigenvalue weighted by atomic mass is 16.4. The third-order valence-corrected chi connectivity index (χ3v) is 4.87. The number of nitrogens with zero attached hydrogens (tertiary/aromatic N) is 3. The number of nitrogens with one attached hydrogen (secondary N) is 1. The molecular weight excluding hydrogens is 344 g/mol. The van der Waals surface area contributed by atoms with E-state index in [0.29, 0.717) is 12.6 Å². The van der Waals surface area contributed by atoms with Gasteiger partial charge >= 0.3 is 0 Å². The molecule has 1 N–H and O–H groups in total. The van der Waals surface area contributed by atoms with E-state index in [4.69, 9.17) is 4.42 Å². The number of fused-ring (bicyclic) bond motifs is 1. The minimum Gasteiger partial charge on any atom is -0.423 e. The molecule has 1 aliphatic heterocycles. The number of amides is 2. The lowest BCUT2D eigenvalue weighted by Gasteiger charge is -2.33. The zero-order valence-corrected chi connectivity index (χ0v) is 16.3. The van der Waals surface area contributed by atoms with E-state index >= 15 is 0 Å². The third-order valence-electron chi connectivity index (χ3n) is 4.87. The number of para-hydroxylation sites is 2. The summed E-state index contributed by atoms with van der Waals surface area (Å²) in [7, 11) is 0. The minimum absolute atomic E-state index is 0.0579. The summed E-state index contributed by atoms with van der Waals surface area (Å²) in [5.74, 6) is -0.102. The van der Waals surface area contributed by atoms with Crippen molar-refractivity contribution in [3.8, 4) is 0 Å². The number of likely N-dealkylation sites (N-methyl/N-ethyl adjacent to an activating group) is 1. The molecule has 0 unspecified atom stereocenters. The predicted molar refractivity (Wildman–Crippen MR) is 104 cm³/mol. The molecule has 0 aliphatic carbocycles. The molecule has 0 atom stereocenters. The molecule has 1 fully saturated rings. The number of carbonyl (C=O) groups excluding carboxylic acids is 2. The Morgan fingerprint density at radius 3 is 2.63 bits per heavy atom. The second-order valence-corrected chi connectivity index (χ2v) is 7.30. The molecule has 2 heterocycles. The summed E-state index contributed by atoms with van der Waals surface area (Å²) in [6, 6.07) is 8.39. The molecule has 27 heavy (non-hydrogen) atoms. The SMILES string of the molecule is CCN(CC(=O)NC(C)C)C(=O)C1CCN(c2nc3ccccc3o2)CC1. The summed E-state index contributed by atoms with van der Waals surface area (Å²) in [5, 5.41) is 2.84. The molecule has 7 nitrogen and oxygen atoms in total. The quantitative estimate of drug-likeness (QED) is 0.842. The fraction of sp³-hybridized carbons (Fsp3) is 0.550. The Morgan fingerprint density at radius 1 is 1.30 bits per heavy atom. The highest BCUT2D eigenvalue weighted by Gasteiger charge is 2.30. The van der Waals surface area contributed by atoms with Crippen LogP contribution in [0.1, 0.15) is 33.6 Å². The summed E-state index contributed by atoms with van der Waals surface area (Å²) >= 11 is 0. The number of benzene rings is 1. The van der Waals surface area contributed by atoms with Gasteiger partial charge in [0.25, 0.3) is 6.01 Å². The van der Waals surface area contributed by atoms with E-state index in [-0.39, 0.29) is 30.3 Å². The average molecular weight is 372 g/mol. The van der Waals surface area contributed by atoms with Crippen LogP contribution in [0.2, 0.25) is 0 Å². The van der Waals surface area contributed by atoms with Gasteiger partial charge in [-0.2, -0.15) is 4.98 Å². The maximum Gasteiger partial charge on any atom is 0.298 e. The highest BCUT2D eigenvalue weighted by Crippen LogP contribution is 2.27. The molecule has 7 heteroatoms. The van der Waals surface area contributed by atoms with E-state index < -0.39 is 0 Å². The van der Waals surface area contributed by atoms with E-state index in [1.54, 1.807) is 4.90 Å². The predicted octanol–water partition coefficient (Wildman–Crippen LogP) is 2.42. The summed E-state index contributed by atoms with van der Waals surface area (Å²) in [6.45, 7) is 7.84. The molecule has 1 saturated heterocycles. The average Bonchev–Trinajstić information content (AvgIpc) is 3.09. The van der Waals surface area contributed by atoms with Gasteiger partial charge in [0, 0.05) is 31.6 Å². The van der Waals surface area contributed by atoms with Gasteiger partial charge in [-0.05, 0) is 45.7 Å². The fourth-order valence-electron chi connectivity index (χ4n) is 3.46. The van der Waals surface area contributed by atoms with Gasteiger partial charge in [-0.1, -0.05) is 12.1 Å². The molecule has 3 rings (SSSR count). The van der Waals surface area contributed by atoms with E-state index in [2.05, 4.69) is 15.2 Å². The number of piperidine rings is 1. The Labute approximate surface area is 159 Å². The van der Waals surface area contributed by atoms with Gasteiger partial charge in [0.05, 0.1) is 6.54 Å². The first-order chi connectivity index (χ1) is 13.0. The molecule has 0 saturated carbocycles. The molecule has 2 aromatic rings. The number of rotatable bonds is 6. The Morgan fingerprint density at radius 2 is 2.00 bits per heavy atom. The van der Waals surface area contributed by atoms with Gasteiger partial charge in [-0.15, -0.1) is 0 Å². The number of oxazole rings is 1. The number of anilines is 1. The van der Waals surface area contributed by atoms with Crippen LogP contribution in [0, 0.1) is 5.92 Å². The van der Waals surface area contributed by atoms with E-state index in [1.165, 1.54) is 0 Å². The molecule has 1 aromatic heterocycles. The van der Waals surface area contributed by atoms with Gasteiger partial charge < -0.3 is 19.5 Å². The topological polar surface area (TPSA) is 78.7 Å². The summed E-state index contributed by atoms with van der Waals surface area (Å²) in [5.41, 5.74) is 1.62.